The molecule has 0 radical (unpaired) electrons. The zero-order valence-electron chi connectivity index (χ0n) is 6.30. The minimum Gasteiger partial charge on any atom is -0.397 e. The van der Waals surface area contributed by atoms with Crippen molar-refractivity contribution in [2.45, 2.75) is 0 Å². The molecule has 0 unspecified atom stereocenters. The molecule has 2 N–H and O–H groups in total. The van der Waals surface area contributed by atoms with E-state index in [2.05, 4.69) is 14.9 Å². The number of rotatable bonds is 1. The molecule has 2 aromatic rings. The van der Waals surface area contributed by atoms with Crippen molar-refractivity contribution < 1.29 is 9.45 Å². The number of anilines is 1. The third-order valence-corrected chi connectivity index (χ3v) is 1.61. The van der Waals surface area contributed by atoms with Crippen LogP contribution in [0.2, 0.25) is 0 Å². The molecule has 0 fully saturated rings. The van der Waals surface area contributed by atoms with Gasteiger partial charge in [-0.3, -0.25) is 10.1 Å². The maximum Gasteiger partial charge on any atom is 0.316 e. The van der Waals surface area contributed by atoms with Crippen LogP contribution >= 0.6 is 0 Å². The number of nitrogens with zero attached hydrogens (tertiary/aromatic N) is 3. The Morgan fingerprint density at radius 1 is 1.54 bits per heavy atom. The second kappa shape index (κ2) is 2.41. The lowest BCUT2D eigenvalue weighted by Crippen LogP contribution is -1.91. The molecule has 1 aromatic heterocycles. The molecule has 0 spiro atoms. The molecule has 2 rings (SSSR count). The summed E-state index contributed by atoms with van der Waals surface area (Å²) in [6.45, 7) is 0. The molecule has 7 nitrogen and oxygen atoms in total. The standard InChI is InChI=1S/C6H4N4O3/c7-3-1-2-4(10(11)12)6-5(3)8-9-13-6/h1-2H,7H2. The highest BCUT2D eigenvalue weighted by atomic mass is 16.6. The average Bonchev–Trinajstić information content (AvgIpc) is 2.53. The fourth-order valence-corrected chi connectivity index (χ4v) is 1.01. The fraction of sp³-hybridized carbons (Fsp3) is 0. The highest BCUT2D eigenvalue weighted by molar-refractivity contribution is 5.91. The molecule has 0 saturated carbocycles. The van der Waals surface area contributed by atoms with E-state index in [1.807, 2.05) is 0 Å². The van der Waals surface area contributed by atoms with Gasteiger partial charge in [-0.1, -0.05) is 0 Å². The molecule has 0 aliphatic carbocycles. The van der Waals surface area contributed by atoms with Gasteiger partial charge < -0.3 is 10.3 Å². The largest absolute Gasteiger partial charge is 0.397 e. The molecule has 1 heterocycles. The third kappa shape index (κ3) is 0.975. The van der Waals surface area contributed by atoms with Crippen LogP contribution in [0.3, 0.4) is 0 Å². The first-order valence-electron chi connectivity index (χ1n) is 3.35. The molecular weight excluding hydrogens is 176 g/mol. The highest BCUT2D eigenvalue weighted by Crippen LogP contribution is 2.27. The normalized spacial score (nSPS) is 10.5. The molecule has 0 bridgehead atoms. The van der Waals surface area contributed by atoms with Crippen LogP contribution in [0, 0.1) is 10.1 Å². The molecular formula is C6H4N4O3. The Labute approximate surface area is 71.3 Å². The van der Waals surface area contributed by atoms with E-state index in [-0.39, 0.29) is 16.8 Å². The Morgan fingerprint density at radius 2 is 2.31 bits per heavy atom. The summed E-state index contributed by atoms with van der Waals surface area (Å²) in [7, 11) is 0. The van der Waals surface area contributed by atoms with Gasteiger partial charge >= 0.3 is 5.69 Å². The summed E-state index contributed by atoms with van der Waals surface area (Å²) in [4.78, 5) is 9.90. The molecule has 0 atom stereocenters. The van der Waals surface area contributed by atoms with Crippen LogP contribution in [0.1, 0.15) is 0 Å². The van der Waals surface area contributed by atoms with E-state index in [0.717, 1.165) is 0 Å². The summed E-state index contributed by atoms with van der Waals surface area (Å²) in [6.07, 6.45) is 0. The van der Waals surface area contributed by atoms with Crippen molar-refractivity contribution in [2.75, 3.05) is 5.73 Å². The van der Waals surface area contributed by atoms with Gasteiger partial charge in [0.15, 0.2) is 5.52 Å². The topological polar surface area (TPSA) is 108 Å². The van der Waals surface area contributed by atoms with E-state index in [1.54, 1.807) is 0 Å². The monoisotopic (exact) mass is 180 g/mol. The number of nitrogens with two attached hydrogens (primary N) is 1. The maximum absolute atomic E-state index is 10.5. The number of hydrogen-bond acceptors (Lipinski definition) is 6. The van der Waals surface area contributed by atoms with Crippen LogP contribution in [-0.2, 0) is 0 Å². The number of nitro benzene ring substituents is 1. The van der Waals surface area contributed by atoms with Crippen molar-refractivity contribution in [1.82, 2.24) is 10.4 Å². The molecule has 1 aromatic carbocycles. The van der Waals surface area contributed by atoms with Gasteiger partial charge in [-0.05, 0) is 6.07 Å². The Balaban J connectivity index is 2.86. The second-order valence-electron chi connectivity index (χ2n) is 2.38. The Bertz CT molecular complexity index is 478. The van der Waals surface area contributed by atoms with E-state index in [1.165, 1.54) is 12.1 Å². The first-order chi connectivity index (χ1) is 6.20. The predicted molar refractivity (Wildman–Crippen MR) is 42.9 cm³/mol. The minimum atomic E-state index is -0.575. The van der Waals surface area contributed by atoms with E-state index in [0.29, 0.717) is 5.69 Å². The van der Waals surface area contributed by atoms with Gasteiger partial charge in [-0.15, -0.1) is 5.10 Å². The SMILES string of the molecule is Nc1ccc([N+](=O)[O-])c2onnc12. The Morgan fingerprint density at radius 3 is 3.00 bits per heavy atom. The van der Waals surface area contributed by atoms with Crippen molar-refractivity contribution in [2.24, 2.45) is 0 Å². The number of nitrogen functional groups attached to an aromatic ring is 1. The number of nitro groups is 1. The van der Waals surface area contributed by atoms with Gasteiger partial charge in [0, 0.05) is 11.3 Å². The van der Waals surface area contributed by atoms with E-state index < -0.39 is 4.92 Å². The number of non-ortho nitro benzene ring substituents is 1. The van der Waals surface area contributed by atoms with Gasteiger partial charge in [-0.25, -0.2) is 0 Å². The number of benzene rings is 1. The fourth-order valence-electron chi connectivity index (χ4n) is 1.01. The smallest absolute Gasteiger partial charge is 0.316 e. The Hall–Kier alpha value is -2.18. The van der Waals surface area contributed by atoms with Crippen LogP contribution in [0.25, 0.3) is 11.1 Å². The van der Waals surface area contributed by atoms with Crippen molar-refractivity contribution in [3.63, 3.8) is 0 Å². The zero-order chi connectivity index (χ0) is 9.42. The van der Waals surface area contributed by atoms with E-state index in [4.69, 9.17) is 5.73 Å². The number of fused-ring (bicyclic) bond motifs is 1. The summed E-state index contributed by atoms with van der Waals surface area (Å²) < 4.78 is 4.61. The average molecular weight is 180 g/mol. The van der Waals surface area contributed by atoms with E-state index >= 15 is 0 Å². The summed E-state index contributed by atoms with van der Waals surface area (Å²) in [6, 6.07) is 2.65. The molecule has 0 aliphatic rings. The van der Waals surface area contributed by atoms with Crippen LogP contribution in [-0.4, -0.2) is 15.3 Å². The van der Waals surface area contributed by atoms with Gasteiger partial charge in [0.1, 0.15) is 0 Å². The lowest BCUT2D eigenvalue weighted by Gasteiger charge is -1.92. The molecule has 7 heteroatoms. The van der Waals surface area contributed by atoms with Gasteiger partial charge in [-0.2, -0.15) is 0 Å². The van der Waals surface area contributed by atoms with Crippen molar-refractivity contribution in [3.8, 4) is 0 Å². The van der Waals surface area contributed by atoms with Gasteiger partial charge in [0.2, 0.25) is 0 Å². The minimum absolute atomic E-state index is 0.00463. The molecule has 0 saturated heterocycles. The predicted octanol–water partition coefficient (Wildman–Crippen LogP) is 0.713. The number of aromatic nitrogens is 2. The van der Waals surface area contributed by atoms with Crippen molar-refractivity contribution in [1.29, 1.82) is 0 Å². The molecule has 0 aliphatic heterocycles. The van der Waals surface area contributed by atoms with Crippen LogP contribution in [0.15, 0.2) is 16.7 Å². The van der Waals surface area contributed by atoms with Gasteiger partial charge in [0.05, 0.1) is 10.6 Å². The first kappa shape index (κ1) is 7.47. The number of hydrogen-bond donors (Lipinski definition) is 1. The summed E-state index contributed by atoms with van der Waals surface area (Å²) >= 11 is 0. The summed E-state index contributed by atoms with van der Waals surface area (Å²) in [5.74, 6) is 0. The highest BCUT2D eigenvalue weighted by Gasteiger charge is 2.18. The van der Waals surface area contributed by atoms with Crippen molar-refractivity contribution in [3.05, 3.63) is 22.2 Å². The zero-order valence-corrected chi connectivity index (χ0v) is 6.30. The van der Waals surface area contributed by atoms with Crippen LogP contribution in [0.5, 0.6) is 0 Å². The van der Waals surface area contributed by atoms with Crippen LogP contribution < -0.4 is 5.73 Å². The molecule has 13 heavy (non-hydrogen) atoms. The van der Waals surface area contributed by atoms with Gasteiger partial charge in [0.25, 0.3) is 5.58 Å². The maximum atomic E-state index is 10.5. The molecule has 66 valence electrons. The summed E-state index contributed by atoms with van der Waals surface area (Å²) in [5.41, 5.74) is 5.83. The van der Waals surface area contributed by atoms with E-state index in [9.17, 15) is 10.1 Å². The third-order valence-electron chi connectivity index (χ3n) is 1.61. The second-order valence-corrected chi connectivity index (χ2v) is 2.38. The van der Waals surface area contributed by atoms with Crippen LogP contribution in [0.4, 0.5) is 11.4 Å². The quantitative estimate of drug-likeness (QED) is 0.393. The lowest BCUT2D eigenvalue weighted by atomic mass is 10.2. The van der Waals surface area contributed by atoms with Crippen molar-refractivity contribution >= 4 is 22.5 Å². The Kier molecular flexibility index (Phi) is 1.38. The first-order valence-corrected chi connectivity index (χ1v) is 3.35. The summed E-state index contributed by atoms with van der Waals surface area (Å²) in [5, 5.41) is 17.2. The molecule has 0 amide bonds. The lowest BCUT2D eigenvalue weighted by molar-refractivity contribution is -0.383.